The summed E-state index contributed by atoms with van der Waals surface area (Å²) in [5.74, 6) is -1.44. The zero-order valence-electron chi connectivity index (χ0n) is 19.4. The lowest BCUT2D eigenvalue weighted by molar-refractivity contribution is -0.132. The summed E-state index contributed by atoms with van der Waals surface area (Å²) in [5.41, 5.74) is 0.661. The van der Waals surface area contributed by atoms with Crippen LogP contribution in [0.15, 0.2) is 60.2 Å². The molecule has 10 heteroatoms. The van der Waals surface area contributed by atoms with Gasteiger partial charge in [-0.05, 0) is 42.0 Å². The van der Waals surface area contributed by atoms with Crippen molar-refractivity contribution in [2.45, 2.75) is 6.04 Å². The number of benzene rings is 3. The lowest BCUT2D eigenvalue weighted by atomic mass is 9.94. The second kappa shape index (κ2) is 10.0. The SMILES string of the molecule is COc1ccc(N2C(=O)C(=O)/C(=C(/O)c3cc(Cl)c(OC)cc3OC)C2c2ccc(O)cc2)cc1Cl. The molecule has 1 unspecified atom stereocenters. The van der Waals surface area contributed by atoms with Gasteiger partial charge in [0, 0.05) is 11.8 Å². The summed E-state index contributed by atoms with van der Waals surface area (Å²) in [6.45, 7) is 0. The van der Waals surface area contributed by atoms with Gasteiger partial charge in [-0.25, -0.2) is 0 Å². The number of aliphatic hydroxyl groups excluding tert-OH is 1. The molecule has 2 N–H and O–H groups in total. The fourth-order valence-electron chi connectivity index (χ4n) is 4.07. The number of phenols is 1. The van der Waals surface area contributed by atoms with Crippen LogP contribution in [-0.4, -0.2) is 43.2 Å². The van der Waals surface area contributed by atoms with E-state index in [9.17, 15) is 19.8 Å². The minimum atomic E-state index is -1.05. The van der Waals surface area contributed by atoms with Gasteiger partial charge in [0.15, 0.2) is 0 Å². The Bertz CT molecular complexity index is 1390. The van der Waals surface area contributed by atoms with E-state index in [-0.39, 0.29) is 32.7 Å². The third-order valence-electron chi connectivity index (χ3n) is 5.80. The summed E-state index contributed by atoms with van der Waals surface area (Å²) in [4.78, 5) is 27.9. The predicted octanol–water partition coefficient (Wildman–Crippen LogP) is 5.35. The van der Waals surface area contributed by atoms with E-state index >= 15 is 0 Å². The number of carbonyl (C=O) groups is 2. The molecule has 0 aromatic heterocycles. The summed E-state index contributed by atoms with van der Waals surface area (Å²) in [6, 6.07) is 12.4. The van der Waals surface area contributed by atoms with Crippen molar-refractivity contribution in [3.63, 3.8) is 0 Å². The second-order valence-electron chi connectivity index (χ2n) is 7.77. The Morgan fingerprint density at radius 1 is 0.833 bits per heavy atom. The molecule has 0 radical (unpaired) electrons. The molecule has 3 aromatic rings. The largest absolute Gasteiger partial charge is 0.508 e. The Balaban J connectivity index is 1.98. The molecule has 3 aromatic carbocycles. The molecule has 1 aliphatic heterocycles. The van der Waals surface area contributed by atoms with Crippen molar-refractivity contribution in [3.8, 4) is 23.0 Å². The van der Waals surface area contributed by atoms with E-state index in [1.165, 1.54) is 56.6 Å². The van der Waals surface area contributed by atoms with Gasteiger partial charge in [0.05, 0.1) is 48.6 Å². The van der Waals surface area contributed by atoms with E-state index in [1.54, 1.807) is 24.3 Å². The Kier molecular flexibility index (Phi) is 7.01. The number of phenolic OH excluding ortho intramolecular Hbond substituents is 1. The Labute approximate surface area is 216 Å². The fourth-order valence-corrected chi connectivity index (χ4v) is 4.56. The molecule has 8 nitrogen and oxygen atoms in total. The lowest BCUT2D eigenvalue weighted by Gasteiger charge is -2.26. The number of ether oxygens (including phenoxy) is 3. The number of aromatic hydroxyl groups is 1. The molecule has 4 rings (SSSR count). The Morgan fingerprint density at radius 2 is 1.44 bits per heavy atom. The van der Waals surface area contributed by atoms with Crippen LogP contribution < -0.4 is 19.1 Å². The molecule has 1 saturated heterocycles. The number of amides is 1. The number of hydrogen-bond donors (Lipinski definition) is 2. The van der Waals surface area contributed by atoms with Crippen LogP contribution in [0.25, 0.3) is 5.76 Å². The third-order valence-corrected chi connectivity index (χ3v) is 6.39. The van der Waals surface area contributed by atoms with Crippen molar-refractivity contribution in [1.29, 1.82) is 0 Å². The number of ketones is 1. The van der Waals surface area contributed by atoms with Crippen LogP contribution in [0.1, 0.15) is 17.2 Å². The average molecular weight is 530 g/mol. The second-order valence-corrected chi connectivity index (χ2v) is 8.58. The van der Waals surface area contributed by atoms with E-state index < -0.39 is 23.5 Å². The number of anilines is 1. The minimum absolute atomic E-state index is 0.00759. The maximum absolute atomic E-state index is 13.4. The van der Waals surface area contributed by atoms with Crippen LogP contribution in [0.2, 0.25) is 10.0 Å². The average Bonchev–Trinajstić information content (AvgIpc) is 3.14. The molecule has 1 atom stereocenters. The number of carbonyl (C=O) groups excluding carboxylic acids is 2. The van der Waals surface area contributed by atoms with Gasteiger partial charge in [-0.1, -0.05) is 35.3 Å². The van der Waals surface area contributed by atoms with E-state index in [1.807, 2.05) is 0 Å². The lowest BCUT2D eigenvalue weighted by Crippen LogP contribution is -2.29. The van der Waals surface area contributed by atoms with Gasteiger partial charge in [-0.15, -0.1) is 0 Å². The smallest absolute Gasteiger partial charge is 0.300 e. The molecule has 1 fully saturated rings. The summed E-state index contributed by atoms with van der Waals surface area (Å²) >= 11 is 12.6. The first-order valence-corrected chi connectivity index (χ1v) is 11.3. The first-order chi connectivity index (χ1) is 17.2. The van der Waals surface area contributed by atoms with Gasteiger partial charge in [0.1, 0.15) is 28.8 Å². The van der Waals surface area contributed by atoms with Crippen molar-refractivity contribution in [3.05, 3.63) is 81.3 Å². The molecule has 0 bridgehead atoms. The standard InChI is InChI=1S/C26H21Cl2NO7/c1-34-19-9-6-14(10-17(19)27)29-23(13-4-7-15(30)8-5-13)22(25(32)26(29)33)24(31)16-11-18(28)21(36-3)12-20(16)35-2/h4-12,23,30-31H,1-3H3/b24-22+. The van der Waals surface area contributed by atoms with Crippen LogP contribution in [-0.2, 0) is 9.59 Å². The summed E-state index contributed by atoms with van der Waals surface area (Å²) < 4.78 is 15.8. The zero-order chi connectivity index (χ0) is 26.1. The molecule has 1 aliphatic rings. The summed E-state index contributed by atoms with van der Waals surface area (Å²) in [6.07, 6.45) is 0. The minimum Gasteiger partial charge on any atom is -0.508 e. The van der Waals surface area contributed by atoms with Gasteiger partial charge in [-0.3, -0.25) is 14.5 Å². The number of rotatable bonds is 6. The number of halogens is 2. The van der Waals surface area contributed by atoms with Gasteiger partial charge in [-0.2, -0.15) is 0 Å². The Morgan fingerprint density at radius 3 is 2.03 bits per heavy atom. The molecule has 36 heavy (non-hydrogen) atoms. The third kappa shape index (κ3) is 4.29. The number of nitrogens with zero attached hydrogens (tertiary/aromatic N) is 1. The highest BCUT2D eigenvalue weighted by Gasteiger charge is 2.47. The van der Waals surface area contributed by atoms with Crippen LogP contribution in [0.5, 0.6) is 23.0 Å². The number of Topliss-reactive ketones (excluding diaryl/α,β-unsaturated/α-hetero) is 1. The summed E-state index contributed by atoms with van der Waals surface area (Å²) in [7, 11) is 4.27. The van der Waals surface area contributed by atoms with Crippen LogP contribution in [0, 0.1) is 0 Å². The van der Waals surface area contributed by atoms with Gasteiger partial charge >= 0.3 is 0 Å². The number of hydrogen-bond acceptors (Lipinski definition) is 7. The van der Waals surface area contributed by atoms with E-state index in [0.717, 1.165) is 0 Å². The summed E-state index contributed by atoms with van der Waals surface area (Å²) in [5, 5.41) is 21.6. The van der Waals surface area contributed by atoms with Crippen molar-refractivity contribution in [2.24, 2.45) is 0 Å². The molecule has 1 heterocycles. The maximum Gasteiger partial charge on any atom is 0.300 e. The van der Waals surface area contributed by atoms with E-state index in [4.69, 9.17) is 37.4 Å². The first kappa shape index (κ1) is 25.2. The zero-order valence-corrected chi connectivity index (χ0v) is 20.9. The highest BCUT2D eigenvalue weighted by molar-refractivity contribution is 6.52. The molecular weight excluding hydrogens is 509 g/mol. The molecule has 1 amide bonds. The van der Waals surface area contributed by atoms with Gasteiger partial charge < -0.3 is 24.4 Å². The van der Waals surface area contributed by atoms with Crippen molar-refractivity contribution in [2.75, 3.05) is 26.2 Å². The highest BCUT2D eigenvalue weighted by atomic mass is 35.5. The van der Waals surface area contributed by atoms with Crippen molar-refractivity contribution < 1.29 is 34.0 Å². The normalized spacial score (nSPS) is 16.8. The quantitative estimate of drug-likeness (QED) is 0.252. The van der Waals surface area contributed by atoms with Crippen molar-refractivity contribution >= 4 is 46.3 Å². The highest BCUT2D eigenvalue weighted by Crippen LogP contribution is 2.45. The molecule has 0 spiro atoms. The molecule has 0 saturated carbocycles. The fraction of sp³-hybridized carbons (Fsp3) is 0.154. The predicted molar refractivity (Wildman–Crippen MR) is 135 cm³/mol. The van der Waals surface area contributed by atoms with Gasteiger partial charge in [0.2, 0.25) is 0 Å². The number of aliphatic hydroxyl groups is 1. The van der Waals surface area contributed by atoms with E-state index in [0.29, 0.717) is 22.7 Å². The van der Waals surface area contributed by atoms with Crippen molar-refractivity contribution in [1.82, 2.24) is 0 Å². The topological polar surface area (TPSA) is 106 Å². The molecule has 0 aliphatic carbocycles. The molecule has 186 valence electrons. The van der Waals surface area contributed by atoms with E-state index in [2.05, 4.69) is 0 Å². The monoisotopic (exact) mass is 529 g/mol. The first-order valence-electron chi connectivity index (χ1n) is 10.6. The van der Waals surface area contributed by atoms with Crippen LogP contribution in [0.4, 0.5) is 5.69 Å². The van der Waals surface area contributed by atoms with Gasteiger partial charge in [0.25, 0.3) is 11.7 Å². The number of methoxy groups -OCH3 is 3. The Hall–Kier alpha value is -3.88. The molecular formula is C26H21Cl2NO7. The maximum atomic E-state index is 13.4. The van der Waals surface area contributed by atoms with Crippen LogP contribution in [0.3, 0.4) is 0 Å². The van der Waals surface area contributed by atoms with Crippen LogP contribution >= 0.6 is 23.2 Å².